The van der Waals surface area contributed by atoms with Gasteiger partial charge < -0.3 is 10.2 Å². The summed E-state index contributed by atoms with van der Waals surface area (Å²) in [7, 11) is 0. The number of nitrogens with one attached hydrogen (secondary N) is 1. The summed E-state index contributed by atoms with van der Waals surface area (Å²) in [6.45, 7) is 5.98. The summed E-state index contributed by atoms with van der Waals surface area (Å²) in [5.74, 6) is 1.79. The lowest BCUT2D eigenvalue weighted by atomic mass is 10.1. The number of rotatable bonds is 7. The van der Waals surface area contributed by atoms with E-state index in [1.165, 1.54) is 11.1 Å². The Morgan fingerprint density at radius 3 is 2.86 bits per heavy atom. The zero-order valence-corrected chi connectivity index (χ0v) is 14.1. The van der Waals surface area contributed by atoms with Crippen molar-refractivity contribution in [2.75, 3.05) is 25.4 Å². The first-order chi connectivity index (χ1) is 10.6. The van der Waals surface area contributed by atoms with Gasteiger partial charge in [-0.25, -0.2) is 0 Å². The molecule has 120 valence electrons. The molecule has 1 heterocycles. The van der Waals surface area contributed by atoms with E-state index in [0.717, 1.165) is 11.5 Å². The molecule has 0 unspecified atom stereocenters. The molecule has 1 saturated heterocycles. The van der Waals surface area contributed by atoms with Gasteiger partial charge in [0.05, 0.1) is 5.92 Å². The monoisotopic (exact) mass is 320 g/mol. The quantitative estimate of drug-likeness (QED) is 0.784. The maximum Gasteiger partial charge on any atom is 0.225 e. The number of carbonyl (C=O) groups is 2. The van der Waals surface area contributed by atoms with Crippen molar-refractivity contribution in [1.29, 1.82) is 0 Å². The summed E-state index contributed by atoms with van der Waals surface area (Å²) in [6.07, 6.45) is 0.357. The Labute approximate surface area is 136 Å². The van der Waals surface area contributed by atoms with Crippen LogP contribution < -0.4 is 5.32 Å². The molecular weight excluding hydrogens is 296 g/mol. The van der Waals surface area contributed by atoms with Crippen molar-refractivity contribution in [1.82, 2.24) is 10.2 Å². The van der Waals surface area contributed by atoms with Crippen LogP contribution in [0.25, 0.3) is 0 Å². The average molecular weight is 320 g/mol. The number of benzene rings is 1. The van der Waals surface area contributed by atoms with Crippen LogP contribution in [0, 0.1) is 12.8 Å². The summed E-state index contributed by atoms with van der Waals surface area (Å²) >= 11 is 1.82. The molecule has 0 bridgehead atoms. The second-order valence-electron chi connectivity index (χ2n) is 5.60. The van der Waals surface area contributed by atoms with E-state index >= 15 is 0 Å². The summed E-state index contributed by atoms with van der Waals surface area (Å²) < 4.78 is 0. The number of thioether (sulfide) groups is 1. The van der Waals surface area contributed by atoms with Crippen LogP contribution in [0.3, 0.4) is 0 Å². The van der Waals surface area contributed by atoms with E-state index in [1.54, 1.807) is 4.90 Å². The third-order valence-corrected chi connectivity index (χ3v) is 5.04. The van der Waals surface area contributed by atoms with Gasteiger partial charge in [0, 0.05) is 37.6 Å². The lowest BCUT2D eigenvalue weighted by molar-refractivity contribution is -0.128. The molecule has 0 radical (unpaired) electrons. The van der Waals surface area contributed by atoms with Crippen LogP contribution >= 0.6 is 11.8 Å². The molecule has 5 heteroatoms. The van der Waals surface area contributed by atoms with Gasteiger partial charge in [-0.05, 0) is 25.0 Å². The van der Waals surface area contributed by atoms with Gasteiger partial charge in [-0.2, -0.15) is 11.8 Å². The number of aryl methyl sites for hydroxylation is 1. The summed E-state index contributed by atoms with van der Waals surface area (Å²) in [5.41, 5.74) is 2.65. The Hall–Kier alpha value is -1.49. The number of hydrogen-bond acceptors (Lipinski definition) is 3. The maximum absolute atomic E-state index is 12.0. The fraction of sp³-hybridized carbons (Fsp3) is 0.529. The third-order valence-electron chi connectivity index (χ3n) is 4.03. The van der Waals surface area contributed by atoms with Gasteiger partial charge in [0.15, 0.2) is 0 Å². The molecule has 0 aliphatic carbocycles. The number of amides is 2. The van der Waals surface area contributed by atoms with Crippen molar-refractivity contribution in [3.05, 3.63) is 35.4 Å². The fourth-order valence-corrected chi connectivity index (χ4v) is 3.53. The molecule has 22 heavy (non-hydrogen) atoms. The van der Waals surface area contributed by atoms with Crippen molar-refractivity contribution in [2.24, 2.45) is 5.92 Å². The molecule has 1 aliphatic rings. The van der Waals surface area contributed by atoms with Crippen LogP contribution in [0.1, 0.15) is 24.5 Å². The Bertz CT molecular complexity index is 533. The van der Waals surface area contributed by atoms with Gasteiger partial charge in [0.2, 0.25) is 11.8 Å². The molecule has 1 N–H and O–H groups in total. The number of likely N-dealkylation sites (tertiary alicyclic amines) is 1. The number of carbonyl (C=O) groups excluding carboxylic acids is 2. The van der Waals surface area contributed by atoms with Crippen LogP contribution in [0.5, 0.6) is 0 Å². The van der Waals surface area contributed by atoms with E-state index in [9.17, 15) is 9.59 Å². The van der Waals surface area contributed by atoms with Crippen molar-refractivity contribution >= 4 is 23.6 Å². The minimum Gasteiger partial charge on any atom is -0.355 e. The Kier molecular flexibility index (Phi) is 6.31. The van der Waals surface area contributed by atoms with Crippen molar-refractivity contribution in [2.45, 2.75) is 26.0 Å². The highest BCUT2D eigenvalue weighted by molar-refractivity contribution is 7.98. The van der Waals surface area contributed by atoms with E-state index < -0.39 is 0 Å². The first-order valence-corrected chi connectivity index (χ1v) is 8.95. The molecule has 1 fully saturated rings. The molecule has 0 spiro atoms. The topological polar surface area (TPSA) is 49.4 Å². The van der Waals surface area contributed by atoms with Crippen LogP contribution in [-0.4, -0.2) is 42.1 Å². The minimum atomic E-state index is -0.172. The normalized spacial score (nSPS) is 17.8. The van der Waals surface area contributed by atoms with Gasteiger partial charge in [-0.15, -0.1) is 0 Å². The van der Waals surface area contributed by atoms with Crippen molar-refractivity contribution in [3.63, 3.8) is 0 Å². The summed E-state index contributed by atoms with van der Waals surface area (Å²) in [4.78, 5) is 25.4. The largest absolute Gasteiger partial charge is 0.355 e. The predicted octanol–water partition coefficient (Wildman–Crippen LogP) is 2.21. The second kappa shape index (κ2) is 8.22. The zero-order valence-electron chi connectivity index (χ0n) is 13.3. The van der Waals surface area contributed by atoms with E-state index in [-0.39, 0.29) is 17.7 Å². The highest BCUT2D eigenvalue weighted by Crippen LogP contribution is 2.18. The van der Waals surface area contributed by atoms with Gasteiger partial charge in [-0.1, -0.05) is 24.3 Å². The standard InChI is InChI=1S/C17H24N2O2S/c1-3-19-11-15(10-16(19)20)17(21)18-8-9-22-12-14-7-5-4-6-13(14)2/h4-7,15H,3,8-12H2,1-2H3,(H,18,21)/t15-/m1/s1. The van der Waals surface area contributed by atoms with Gasteiger partial charge in [0.25, 0.3) is 0 Å². The molecular formula is C17H24N2O2S. The molecule has 1 aliphatic heterocycles. The fourth-order valence-electron chi connectivity index (χ4n) is 2.60. The lowest BCUT2D eigenvalue weighted by Gasteiger charge is -2.13. The minimum absolute atomic E-state index is 0.0146. The maximum atomic E-state index is 12.0. The van der Waals surface area contributed by atoms with E-state index in [4.69, 9.17) is 0 Å². The Balaban J connectivity index is 1.64. The zero-order chi connectivity index (χ0) is 15.9. The van der Waals surface area contributed by atoms with E-state index in [2.05, 4.69) is 30.4 Å². The Morgan fingerprint density at radius 2 is 2.18 bits per heavy atom. The molecule has 1 atom stereocenters. The molecule has 1 aromatic rings. The van der Waals surface area contributed by atoms with Crippen LogP contribution in [0.4, 0.5) is 0 Å². The summed E-state index contributed by atoms with van der Waals surface area (Å²) in [6, 6.07) is 8.37. The highest BCUT2D eigenvalue weighted by atomic mass is 32.2. The molecule has 2 rings (SSSR count). The molecule has 0 aromatic heterocycles. The van der Waals surface area contributed by atoms with E-state index in [1.807, 2.05) is 24.8 Å². The molecule has 0 saturated carbocycles. The second-order valence-corrected chi connectivity index (χ2v) is 6.71. The van der Waals surface area contributed by atoms with E-state index in [0.29, 0.717) is 26.1 Å². The van der Waals surface area contributed by atoms with Gasteiger partial charge in [-0.3, -0.25) is 9.59 Å². The van der Waals surface area contributed by atoms with Crippen molar-refractivity contribution in [3.8, 4) is 0 Å². The number of hydrogen-bond donors (Lipinski definition) is 1. The third kappa shape index (κ3) is 4.50. The lowest BCUT2D eigenvalue weighted by Crippen LogP contribution is -2.34. The smallest absolute Gasteiger partial charge is 0.225 e. The summed E-state index contributed by atoms with van der Waals surface area (Å²) in [5, 5.41) is 2.95. The molecule has 2 amide bonds. The van der Waals surface area contributed by atoms with Crippen LogP contribution in [0.2, 0.25) is 0 Å². The first-order valence-electron chi connectivity index (χ1n) is 7.79. The molecule has 1 aromatic carbocycles. The average Bonchev–Trinajstić information content (AvgIpc) is 2.89. The highest BCUT2D eigenvalue weighted by Gasteiger charge is 2.32. The van der Waals surface area contributed by atoms with Gasteiger partial charge in [0.1, 0.15) is 0 Å². The number of nitrogens with zero attached hydrogens (tertiary/aromatic N) is 1. The van der Waals surface area contributed by atoms with Crippen LogP contribution in [-0.2, 0) is 15.3 Å². The Morgan fingerprint density at radius 1 is 1.41 bits per heavy atom. The van der Waals surface area contributed by atoms with Crippen LogP contribution in [0.15, 0.2) is 24.3 Å². The molecule has 4 nitrogen and oxygen atoms in total. The van der Waals surface area contributed by atoms with Crippen molar-refractivity contribution < 1.29 is 9.59 Å². The van der Waals surface area contributed by atoms with Gasteiger partial charge >= 0.3 is 0 Å². The SMILES string of the molecule is CCN1C[C@H](C(=O)NCCSCc2ccccc2C)CC1=O. The predicted molar refractivity (Wildman–Crippen MR) is 90.7 cm³/mol. The first kappa shape index (κ1) is 16.9.